The molecule has 1 saturated carbocycles. The number of nitrogens with zero attached hydrogens (tertiary/aromatic N) is 4. The Morgan fingerprint density at radius 1 is 1.16 bits per heavy atom. The first-order valence-corrected chi connectivity index (χ1v) is 16.1. The third-order valence-electron chi connectivity index (χ3n) is 9.63. The van der Waals surface area contributed by atoms with E-state index in [1.165, 1.54) is 12.1 Å². The molecule has 10 nitrogen and oxygen atoms in total. The van der Waals surface area contributed by atoms with Gasteiger partial charge in [-0.15, -0.1) is 0 Å². The van der Waals surface area contributed by atoms with Gasteiger partial charge in [-0.25, -0.2) is 18.7 Å². The minimum Gasteiger partial charge on any atom is -0.395 e. The number of nitrogens with one attached hydrogen (secondary N) is 3. The van der Waals surface area contributed by atoms with Crippen LogP contribution in [0.25, 0.3) is 33.6 Å². The summed E-state index contributed by atoms with van der Waals surface area (Å²) in [6, 6.07) is 7.59. The number of halogens is 2. The summed E-state index contributed by atoms with van der Waals surface area (Å²) in [5.74, 6) is -0.249. The lowest BCUT2D eigenvalue weighted by atomic mass is 10.0. The Kier molecular flexibility index (Phi) is 8.03. The van der Waals surface area contributed by atoms with E-state index < -0.39 is 23.9 Å². The van der Waals surface area contributed by atoms with E-state index >= 15 is 4.39 Å². The first-order chi connectivity index (χ1) is 21.8. The number of imidazole rings is 1. The average molecular weight is 620 g/mol. The van der Waals surface area contributed by atoms with Crippen LogP contribution in [-0.2, 0) is 17.9 Å². The average Bonchev–Trinajstić information content (AvgIpc) is 3.61. The van der Waals surface area contributed by atoms with Gasteiger partial charge in [-0.05, 0) is 69.3 Å². The summed E-state index contributed by atoms with van der Waals surface area (Å²) in [5.41, 5.74) is 2.93. The topological polar surface area (TPSA) is 126 Å². The molecule has 1 saturated heterocycles. The third-order valence-corrected chi connectivity index (χ3v) is 9.63. The van der Waals surface area contributed by atoms with E-state index in [0.29, 0.717) is 35.9 Å². The van der Waals surface area contributed by atoms with Gasteiger partial charge in [-0.1, -0.05) is 12.8 Å². The quantitative estimate of drug-likeness (QED) is 0.268. The SMILES string of the molecule is C[C@H]1NC(=O)[C@@H]2C[C@H]2CCCCCn2c(-c3nc4cc(C(=O)N[C@H]5CNCC[C@@H]5F)c(F)cc4n3CCO)cc3ccc1nc32. The highest BCUT2D eigenvalue weighted by Gasteiger charge is 2.42. The van der Waals surface area contributed by atoms with Gasteiger partial charge in [0.1, 0.15) is 17.6 Å². The lowest BCUT2D eigenvalue weighted by molar-refractivity contribution is -0.123. The number of hydrogen-bond donors (Lipinski definition) is 4. The molecule has 12 heteroatoms. The fraction of sp³-hybridized carbons (Fsp3) is 0.515. The predicted molar refractivity (Wildman–Crippen MR) is 166 cm³/mol. The van der Waals surface area contributed by atoms with E-state index in [4.69, 9.17) is 9.97 Å². The minimum absolute atomic E-state index is 0.0976. The number of carbonyl (C=O) groups excluding carboxylic acids is 2. The second-order valence-corrected chi connectivity index (χ2v) is 12.7. The molecule has 45 heavy (non-hydrogen) atoms. The summed E-state index contributed by atoms with van der Waals surface area (Å²) in [6.07, 6.45) is 4.03. The van der Waals surface area contributed by atoms with Crippen molar-refractivity contribution >= 4 is 33.9 Å². The molecule has 5 atom stereocenters. The van der Waals surface area contributed by atoms with Crippen LogP contribution in [-0.4, -0.2) is 67.9 Å². The molecule has 0 radical (unpaired) electrons. The smallest absolute Gasteiger partial charge is 0.254 e. The fourth-order valence-corrected chi connectivity index (χ4v) is 6.99. The van der Waals surface area contributed by atoms with Crippen LogP contribution in [0.15, 0.2) is 30.3 Å². The van der Waals surface area contributed by atoms with Crippen molar-refractivity contribution in [2.75, 3.05) is 19.7 Å². The van der Waals surface area contributed by atoms with E-state index in [0.717, 1.165) is 54.5 Å². The van der Waals surface area contributed by atoms with Gasteiger partial charge in [0.15, 0.2) is 5.82 Å². The molecule has 4 N–H and O–H groups in total. The molecule has 3 aromatic heterocycles. The molecular weight excluding hydrogens is 580 g/mol. The van der Waals surface area contributed by atoms with Gasteiger partial charge in [0.05, 0.1) is 46.7 Å². The molecular formula is C33H39F2N7O3. The Morgan fingerprint density at radius 2 is 2.02 bits per heavy atom. The molecule has 1 aromatic carbocycles. The van der Waals surface area contributed by atoms with E-state index in [-0.39, 0.29) is 49.5 Å². The summed E-state index contributed by atoms with van der Waals surface area (Å²) in [4.78, 5) is 35.8. The molecule has 3 aliphatic rings. The van der Waals surface area contributed by atoms with Gasteiger partial charge >= 0.3 is 0 Å². The number of amides is 2. The second-order valence-electron chi connectivity index (χ2n) is 12.7. The van der Waals surface area contributed by atoms with Gasteiger partial charge < -0.3 is 30.2 Å². The Bertz CT molecular complexity index is 1770. The van der Waals surface area contributed by atoms with E-state index in [1.54, 1.807) is 4.57 Å². The molecule has 4 aromatic rings. The van der Waals surface area contributed by atoms with Gasteiger partial charge in [0.25, 0.3) is 5.91 Å². The maximum absolute atomic E-state index is 15.5. The number of carbonyl (C=O) groups is 2. The Balaban J connectivity index is 1.29. The summed E-state index contributed by atoms with van der Waals surface area (Å²) in [7, 11) is 0. The van der Waals surface area contributed by atoms with Crippen LogP contribution >= 0.6 is 0 Å². The van der Waals surface area contributed by atoms with Crippen LogP contribution in [0, 0.1) is 17.7 Å². The molecule has 2 fully saturated rings. The van der Waals surface area contributed by atoms with Crippen molar-refractivity contribution in [3.8, 4) is 11.5 Å². The predicted octanol–water partition coefficient (Wildman–Crippen LogP) is 4.00. The molecule has 5 heterocycles. The number of pyridine rings is 1. The minimum atomic E-state index is -1.21. The van der Waals surface area contributed by atoms with Crippen molar-refractivity contribution in [1.29, 1.82) is 0 Å². The lowest BCUT2D eigenvalue weighted by Crippen LogP contribution is -2.52. The largest absolute Gasteiger partial charge is 0.395 e. The maximum Gasteiger partial charge on any atom is 0.254 e. The molecule has 7 rings (SSSR count). The highest BCUT2D eigenvalue weighted by atomic mass is 19.1. The van der Waals surface area contributed by atoms with Crippen LogP contribution in [0.3, 0.4) is 0 Å². The molecule has 2 aliphatic heterocycles. The summed E-state index contributed by atoms with van der Waals surface area (Å²) in [5, 5.41) is 19.7. The summed E-state index contributed by atoms with van der Waals surface area (Å²) < 4.78 is 33.7. The molecule has 0 spiro atoms. The molecule has 0 unspecified atom stereocenters. The highest BCUT2D eigenvalue weighted by Crippen LogP contribution is 2.43. The highest BCUT2D eigenvalue weighted by molar-refractivity contribution is 5.98. The summed E-state index contributed by atoms with van der Waals surface area (Å²) >= 11 is 0. The number of aryl methyl sites for hydroxylation is 1. The molecule has 2 bridgehead atoms. The fourth-order valence-electron chi connectivity index (χ4n) is 6.99. The summed E-state index contributed by atoms with van der Waals surface area (Å²) in [6.45, 7) is 3.41. The monoisotopic (exact) mass is 619 g/mol. The number of hydrogen-bond acceptors (Lipinski definition) is 6. The number of rotatable bonds is 5. The van der Waals surface area contributed by atoms with Crippen LogP contribution in [0.2, 0.25) is 0 Å². The Labute approximate surface area is 259 Å². The zero-order valence-electron chi connectivity index (χ0n) is 25.4. The second kappa shape index (κ2) is 12.1. The van der Waals surface area contributed by atoms with Crippen molar-refractivity contribution in [2.24, 2.45) is 11.8 Å². The number of aromatic nitrogens is 4. The molecule has 2 amide bonds. The van der Waals surface area contributed by atoms with Crippen LogP contribution in [0.1, 0.15) is 67.5 Å². The third kappa shape index (κ3) is 5.69. The van der Waals surface area contributed by atoms with Gasteiger partial charge in [0.2, 0.25) is 5.91 Å². The van der Waals surface area contributed by atoms with Gasteiger partial charge in [0, 0.05) is 37.0 Å². The standard InChI is InChI=1S/C33H39F2N7O3/c1-18-25-7-6-20-14-29(41(30(20)38-25)10-4-2-3-5-19-13-21(19)32(44)37-18)31-39-26-15-22(24(35)16-28(26)42(31)11-12-43)33(45)40-27-17-36-9-8-23(27)34/h6-7,14-16,18-19,21,23,27,36,43H,2-5,8-13,17H2,1H3,(H,37,44)(H,40,45)/t18-,19-,21-,23+,27+/m1/s1. The van der Waals surface area contributed by atoms with Crippen molar-refractivity contribution < 1.29 is 23.5 Å². The number of fused-ring (bicyclic) bond motifs is 3. The zero-order valence-corrected chi connectivity index (χ0v) is 25.4. The Morgan fingerprint density at radius 3 is 2.84 bits per heavy atom. The number of benzene rings is 1. The van der Waals surface area contributed by atoms with E-state index in [9.17, 15) is 19.1 Å². The maximum atomic E-state index is 15.5. The van der Waals surface area contributed by atoms with Crippen molar-refractivity contribution in [3.63, 3.8) is 0 Å². The van der Waals surface area contributed by atoms with Crippen molar-refractivity contribution in [2.45, 2.75) is 76.8 Å². The number of aliphatic hydroxyl groups is 1. The molecule has 1 aliphatic carbocycles. The number of piperidine rings is 1. The van der Waals surface area contributed by atoms with Crippen molar-refractivity contribution in [3.05, 3.63) is 47.4 Å². The zero-order chi connectivity index (χ0) is 31.2. The number of aliphatic hydroxyl groups excluding tert-OH is 1. The van der Waals surface area contributed by atoms with Gasteiger partial charge in [-0.3, -0.25) is 9.59 Å². The van der Waals surface area contributed by atoms with E-state index in [1.807, 2.05) is 25.1 Å². The van der Waals surface area contributed by atoms with Gasteiger partial charge in [-0.2, -0.15) is 0 Å². The van der Waals surface area contributed by atoms with Crippen LogP contribution < -0.4 is 16.0 Å². The lowest BCUT2D eigenvalue weighted by Gasteiger charge is -2.27. The van der Waals surface area contributed by atoms with E-state index in [2.05, 4.69) is 20.5 Å². The Hall–Kier alpha value is -3.90. The first-order valence-electron chi connectivity index (χ1n) is 16.1. The van der Waals surface area contributed by atoms with Crippen LogP contribution in [0.5, 0.6) is 0 Å². The molecule has 238 valence electrons. The van der Waals surface area contributed by atoms with Crippen LogP contribution in [0.4, 0.5) is 8.78 Å². The van der Waals surface area contributed by atoms with Crippen molar-refractivity contribution in [1.82, 2.24) is 35.1 Å². The normalized spacial score (nSPS) is 25.6. The first kappa shape index (κ1) is 29.8. The number of alkyl halides is 1.